The monoisotopic (exact) mass is 259 g/mol. The molecule has 0 amide bonds. The molecule has 2 atom stereocenters. The summed E-state index contributed by atoms with van der Waals surface area (Å²) in [4.78, 5) is 16.0. The van der Waals surface area contributed by atoms with Crippen LogP contribution in [0.1, 0.15) is 62.0 Å². The average molecular weight is 259 g/mol. The summed E-state index contributed by atoms with van der Waals surface area (Å²) in [6.45, 7) is 0. The number of hydrogen-bond acceptors (Lipinski definition) is 5. The molecule has 1 saturated carbocycles. The molecule has 1 aliphatic carbocycles. The molecule has 102 valence electrons. The lowest BCUT2D eigenvalue weighted by atomic mass is 9.90. The van der Waals surface area contributed by atoms with Crippen molar-refractivity contribution in [1.29, 1.82) is 0 Å². The van der Waals surface area contributed by atoms with Crippen molar-refractivity contribution in [3.05, 3.63) is 11.6 Å². The molecule has 0 radical (unpaired) electrons. The topological polar surface area (TPSA) is 67.9 Å². The van der Waals surface area contributed by atoms with Gasteiger partial charge in [0.25, 0.3) is 0 Å². The summed E-state index contributed by atoms with van der Waals surface area (Å²) in [7, 11) is 2.26. The van der Waals surface area contributed by atoms with Crippen LogP contribution in [0.4, 0.5) is 5.95 Å². The molecule has 5 nitrogen and oxygen atoms in total. The van der Waals surface area contributed by atoms with E-state index in [0.29, 0.717) is 29.9 Å². The van der Waals surface area contributed by atoms with Crippen molar-refractivity contribution in [2.24, 2.45) is 0 Å². The van der Waals surface area contributed by atoms with Crippen LogP contribution in [0.3, 0.4) is 0 Å². The molecule has 3 heterocycles. The van der Waals surface area contributed by atoms with E-state index in [-0.39, 0.29) is 0 Å². The second kappa shape index (κ2) is 4.13. The van der Waals surface area contributed by atoms with E-state index in [1.807, 2.05) is 0 Å². The van der Waals surface area contributed by atoms with Gasteiger partial charge in [-0.25, -0.2) is 4.98 Å². The van der Waals surface area contributed by atoms with E-state index in [9.17, 15) is 0 Å². The quantitative estimate of drug-likeness (QED) is 0.875. The third-order valence-corrected chi connectivity index (χ3v) is 5.09. The molecule has 3 aliphatic rings. The van der Waals surface area contributed by atoms with Gasteiger partial charge in [-0.05, 0) is 45.6 Å². The van der Waals surface area contributed by atoms with Gasteiger partial charge in [0.15, 0.2) is 0 Å². The highest BCUT2D eigenvalue weighted by Crippen LogP contribution is 2.42. The van der Waals surface area contributed by atoms with Gasteiger partial charge in [0.05, 0.1) is 0 Å². The number of anilines is 1. The van der Waals surface area contributed by atoms with Gasteiger partial charge in [-0.15, -0.1) is 0 Å². The average Bonchev–Trinajstić information content (AvgIpc) is 3.21. The molecule has 2 N–H and O–H groups in total. The molecule has 19 heavy (non-hydrogen) atoms. The minimum Gasteiger partial charge on any atom is -0.368 e. The molecule has 2 saturated heterocycles. The number of piperidine rings is 1. The first-order valence-corrected chi connectivity index (χ1v) is 7.44. The van der Waals surface area contributed by atoms with Crippen molar-refractivity contribution >= 4 is 5.95 Å². The summed E-state index contributed by atoms with van der Waals surface area (Å²) in [5.74, 6) is 3.34. The summed E-state index contributed by atoms with van der Waals surface area (Å²) in [6, 6.07) is 1.43. The van der Waals surface area contributed by atoms with E-state index >= 15 is 0 Å². The lowest BCUT2D eigenvalue weighted by Crippen LogP contribution is -2.39. The summed E-state index contributed by atoms with van der Waals surface area (Å²) in [5.41, 5.74) is 5.87. The van der Waals surface area contributed by atoms with Crippen molar-refractivity contribution in [2.45, 2.75) is 62.4 Å². The Morgan fingerprint density at radius 2 is 1.47 bits per heavy atom. The van der Waals surface area contributed by atoms with Gasteiger partial charge in [0, 0.05) is 23.9 Å². The van der Waals surface area contributed by atoms with Crippen molar-refractivity contribution in [3.8, 4) is 0 Å². The number of aromatic nitrogens is 3. The molecular weight excluding hydrogens is 238 g/mol. The molecule has 4 rings (SSSR count). The van der Waals surface area contributed by atoms with Gasteiger partial charge in [0.2, 0.25) is 5.95 Å². The summed E-state index contributed by atoms with van der Waals surface area (Å²) in [5, 5.41) is 0. The van der Waals surface area contributed by atoms with Gasteiger partial charge in [-0.3, -0.25) is 0 Å². The third kappa shape index (κ3) is 2.00. The highest BCUT2D eigenvalue weighted by atomic mass is 15.2. The Labute approximate surface area is 113 Å². The Kier molecular flexibility index (Phi) is 2.52. The molecular formula is C14H21N5. The molecule has 2 aliphatic heterocycles. The molecule has 2 bridgehead atoms. The Morgan fingerprint density at radius 3 is 2.05 bits per heavy atom. The lowest BCUT2D eigenvalue weighted by molar-refractivity contribution is 0.158. The van der Waals surface area contributed by atoms with E-state index in [0.717, 1.165) is 11.6 Å². The zero-order valence-electron chi connectivity index (χ0n) is 11.4. The highest BCUT2D eigenvalue weighted by Gasteiger charge is 2.40. The standard InChI is InChI=1S/C14H21N5/c1-19-10-4-5-11(19)7-9(6-10)13-16-12(8-2-3-8)17-14(15)18-13/h8-11H,2-7H2,1H3,(H2,15,16,17,18). The molecule has 0 spiro atoms. The van der Waals surface area contributed by atoms with E-state index in [1.54, 1.807) is 0 Å². The fourth-order valence-corrected chi connectivity index (χ4v) is 3.76. The zero-order valence-corrected chi connectivity index (χ0v) is 11.4. The van der Waals surface area contributed by atoms with Crippen LogP contribution in [0.2, 0.25) is 0 Å². The summed E-state index contributed by atoms with van der Waals surface area (Å²) >= 11 is 0. The maximum atomic E-state index is 5.87. The van der Waals surface area contributed by atoms with Crippen LogP contribution in [0, 0.1) is 0 Å². The van der Waals surface area contributed by atoms with Gasteiger partial charge in [0.1, 0.15) is 11.6 Å². The first-order chi connectivity index (χ1) is 9.20. The Morgan fingerprint density at radius 1 is 0.895 bits per heavy atom. The number of fused-ring (bicyclic) bond motifs is 2. The largest absolute Gasteiger partial charge is 0.368 e. The lowest BCUT2D eigenvalue weighted by Gasteiger charge is -2.35. The van der Waals surface area contributed by atoms with Crippen molar-refractivity contribution < 1.29 is 0 Å². The van der Waals surface area contributed by atoms with Crippen molar-refractivity contribution in [3.63, 3.8) is 0 Å². The number of nitrogens with two attached hydrogens (primary N) is 1. The Balaban J connectivity index is 1.62. The Hall–Kier alpha value is -1.23. The molecule has 3 fully saturated rings. The SMILES string of the molecule is CN1C2CCC1CC(c1nc(N)nc(C3CC3)n1)C2. The number of nitrogen functional groups attached to an aromatic ring is 1. The number of nitrogens with zero attached hydrogens (tertiary/aromatic N) is 4. The second-order valence-electron chi connectivity index (χ2n) is 6.40. The molecule has 1 aromatic heterocycles. The minimum atomic E-state index is 0.415. The van der Waals surface area contributed by atoms with Crippen LogP contribution in [0.15, 0.2) is 0 Å². The molecule has 1 aromatic rings. The first kappa shape index (κ1) is 11.6. The maximum Gasteiger partial charge on any atom is 0.223 e. The minimum absolute atomic E-state index is 0.415. The van der Waals surface area contributed by atoms with E-state index in [2.05, 4.69) is 21.9 Å². The van der Waals surface area contributed by atoms with E-state index < -0.39 is 0 Å². The van der Waals surface area contributed by atoms with E-state index in [4.69, 9.17) is 10.7 Å². The predicted octanol–water partition coefficient (Wildman–Crippen LogP) is 1.67. The van der Waals surface area contributed by atoms with Gasteiger partial charge >= 0.3 is 0 Å². The zero-order chi connectivity index (χ0) is 13.0. The van der Waals surface area contributed by atoms with Crippen molar-refractivity contribution in [1.82, 2.24) is 19.9 Å². The predicted molar refractivity (Wildman–Crippen MR) is 72.8 cm³/mol. The smallest absolute Gasteiger partial charge is 0.223 e. The normalized spacial score (nSPS) is 34.7. The van der Waals surface area contributed by atoms with Gasteiger partial charge in [-0.1, -0.05) is 0 Å². The summed E-state index contributed by atoms with van der Waals surface area (Å²) < 4.78 is 0. The summed E-state index contributed by atoms with van der Waals surface area (Å²) in [6.07, 6.45) is 7.44. The second-order valence-corrected chi connectivity index (χ2v) is 6.40. The first-order valence-electron chi connectivity index (χ1n) is 7.44. The van der Waals surface area contributed by atoms with Crippen LogP contribution in [-0.2, 0) is 0 Å². The Bertz CT molecular complexity index is 485. The fraction of sp³-hybridized carbons (Fsp3) is 0.786. The van der Waals surface area contributed by atoms with E-state index in [1.165, 1.54) is 38.5 Å². The van der Waals surface area contributed by atoms with Crippen LogP contribution in [0.25, 0.3) is 0 Å². The molecule has 5 heteroatoms. The van der Waals surface area contributed by atoms with Crippen LogP contribution < -0.4 is 5.73 Å². The van der Waals surface area contributed by atoms with Crippen molar-refractivity contribution in [2.75, 3.05) is 12.8 Å². The number of hydrogen-bond donors (Lipinski definition) is 1. The highest BCUT2D eigenvalue weighted by molar-refractivity contribution is 5.21. The van der Waals surface area contributed by atoms with Gasteiger partial charge in [-0.2, -0.15) is 9.97 Å². The van der Waals surface area contributed by atoms with Gasteiger partial charge < -0.3 is 10.6 Å². The third-order valence-electron chi connectivity index (χ3n) is 5.09. The molecule has 2 unspecified atom stereocenters. The molecule has 0 aromatic carbocycles. The van der Waals surface area contributed by atoms with Crippen LogP contribution in [0.5, 0.6) is 0 Å². The fourth-order valence-electron chi connectivity index (χ4n) is 3.76. The van der Waals surface area contributed by atoms with Crippen LogP contribution >= 0.6 is 0 Å². The number of rotatable bonds is 2. The van der Waals surface area contributed by atoms with Crippen LogP contribution in [-0.4, -0.2) is 39.0 Å². The maximum absolute atomic E-state index is 5.87.